The van der Waals surface area contributed by atoms with E-state index in [0.29, 0.717) is 4.47 Å². The summed E-state index contributed by atoms with van der Waals surface area (Å²) >= 11 is 3.25. The zero-order valence-electron chi connectivity index (χ0n) is 22.8. The van der Waals surface area contributed by atoms with Gasteiger partial charge in [0.2, 0.25) is 5.91 Å². The molecule has 0 aliphatic heterocycles. The van der Waals surface area contributed by atoms with Gasteiger partial charge in [-0.15, -0.1) is 0 Å². The molecular weight excluding hydrogens is 600 g/mol. The van der Waals surface area contributed by atoms with E-state index in [1.807, 2.05) is 78.9 Å². The molecule has 0 spiro atoms. The Morgan fingerprint density at radius 3 is 2.14 bits per heavy atom. The van der Waals surface area contributed by atoms with Crippen molar-refractivity contribution in [1.29, 1.82) is 0 Å². The topological polar surface area (TPSA) is 114 Å². The van der Waals surface area contributed by atoms with E-state index in [1.54, 1.807) is 13.0 Å². The maximum absolute atomic E-state index is 13.5. The number of halogens is 1. The van der Waals surface area contributed by atoms with Gasteiger partial charge >= 0.3 is 12.1 Å². The fourth-order valence-electron chi connectivity index (χ4n) is 5.07. The van der Waals surface area contributed by atoms with Crippen LogP contribution in [-0.2, 0) is 20.9 Å². The van der Waals surface area contributed by atoms with E-state index in [-0.39, 0.29) is 30.4 Å². The van der Waals surface area contributed by atoms with Gasteiger partial charge in [-0.05, 0) is 52.9 Å². The molecular formula is C33H29BrN2O6. The zero-order valence-corrected chi connectivity index (χ0v) is 24.3. The van der Waals surface area contributed by atoms with Crippen LogP contribution in [0.5, 0.6) is 0 Å². The lowest BCUT2D eigenvalue weighted by molar-refractivity contribution is -0.121. The van der Waals surface area contributed by atoms with Gasteiger partial charge in [-0.25, -0.2) is 9.59 Å². The Balaban J connectivity index is 1.32. The highest BCUT2D eigenvalue weighted by atomic mass is 79.9. The maximum Gasteiger partial charge on any atom is 0.407 e. The van der Waals surface area contributed by atoms with Crippen LogP contribution in [0.25, 0.3) is 11.1 Å². The van der Waals surface area contributed by atoms with Crippen molar-refractivity contribution in [2.75, 3.05) is 11.9 Å². The molecule has 1 aliphatic carbocycles. The number of alkyl carbamates (subject to hydrolysis) is 1. The number of carboxylic acid groups (broad SMARTS) is 1. The Bertz CT molecular complexity index is 1560. The average Bonchev–Trinajstić information content (AvgIpc) is 3.32. The smallest absolute Gasteiger partial charge is 0.407 e. The summed E-state index contributed by atoms with van der Waals surface area (Å²) in [5, 5.41) is 14.9. The highest BCUT2D eigenvalue weighted by molar-refractivity contribution is 9.10. The second-order valence-electron chi connectivity index (χ2n) is 9.93. The Hall–Kier alpha value is -4.47. The number of ether oxygens (including phenoxy) is 2. The second kappa shape index (κ2) is 13.0. The predicted octanol–water partition coefficient (Wildman–Crippen LogP) is 6.60. The summed E-state index contributed by atoms with van der Waals surface area (Å²) in [7, 11) is 0. The molecule has 1 aliphatic rings. The van der Waals surface area contributed by atoms with Gasteiger partial charge in [0.25, 0.3) is 0 Å². The molecule has 9 heteroatoms. The predicted molar refractivity (Wildman–Crippen MR) is 162 cm³/mol. The number of hydrogen-bond donors (Lipinski definition) is 3. The van der Waals surface area contributed by atoms with Gasteiger partial charge in [0.15, 0.2) is 0 Å². The number of hydrogen-bond acceptors (Lipinski definition) is 5. The van der Waals surface area contributed by atoms with Crippen molar-refractivity contribution in [2.45, 2.75) is 31.6 Å². The molecule has 3 N–H and O–H groups in total. The van der Waals surface area contributed by atoms with E-state index in [0.717, 1.165) is 27.8 Å². The van der Waals surface area contributed by atoms with Crippen LogP contribution in [0.4, 0.5) is 10.5 Å². The Morgan fingerprint density at radius 1 is 0.881 bits per heavy atom. The molecule has 0 saturated carbocycles. The molecule has 5 rings (SSSR count). The minimum atomic E-state index is -1.21. The van der Waals surface area contributed by atoms with Gasteiger partial charge in [-0.2, -0.15) is 0 Å². The Kier molecular flexibility index (Phi) is 9.00. The molecule has 0 heterocycles. The molecule has 0 bridgehead atoms. The lowest BCUT2D eigenvalue weighted by atomic mass is 9.98. The first kappa shape index (κ1) is 29.0. The standard InChI is InChI=1S/C33H29BrN2O6/c1-20(41-18-21-9-3-2-4-10-21)30(31(37)35-29-16-15-22(34)17-27(29)32(38)39)36-33(40)42-19-28-25-13-7-5-11-23(25)24-12-6-8-14-26(24)28/h2-17,20,28,30H,18-19H2,1H3,(H,35,37)(H,36,40)(H,38,39)/t20-,30+/m0/s1. The quantitative estimate of drug-likeness (QED) is 0.182. The highest BCUT2D eigenvalue weighted by Gasteiger charge is 2.32. The molecule has 214 valence electrons. The summed E-state index contributed by atoms with van der Waals surface area (Å²) in [4.78, 5) is 38.4. The summed E-state index contributed by atoms with van der Waals surface area (Å²) in [6.45, 7) is 1.94. The van der Waals surface area contributed by atoms with E-state index in [1.165, 1.54) is 12.1 Å². The van der Waals surface area contributed by atoms with Crippen molar-refractivity contribution < 1.29 is 29.0 Å². The lowest BCUT2D eigenvalue weighted by Gasteiger charge is -2.25. The number of carbonyl (C=O) groups is 3. The van der Waals surface area contributed by atoms with Crippen LogP contribution in [-0.4, -0.2) is 41.8 Å². The average molecular weight is 630 g/mol. The largest absolute Gasteiger partial charge is 0.478 e. The number of carbonyl (C=O) groups excluding carboxylic acids is 2. The van der Waals surface area contributed by atoms with Crippen LogP contribution in [0.15, 0.2) is 102 Å². The van der Waals surface area contributed by atoms with Gasteiger partial charge in [-0.3, -0.25) is 4.79 Å². The number of amides is 2. The number of nitrogens with one attached hydrogen (secondary N) is 2. The van der Waals surface area contributed by atoms with Gasteiger partial charge in [-0.1, -0.05) is 94.8 Å². The van der Waals surface area contributed by atoms with E-state index in [2.05, 4.69) is 26.6 Å². The van der Waals surface area contributed by atoms with Crippen LogP contribution in [0.2, 0.25) is 0 Å². The lowest BCUT2D eigenvalue weighted by Crippen LogP contribution is -2.51. The molecule has 0 radical (unpaired) electrons. The van der Waals surface area contributed by atoms with E-state index >= 15 is 0 Å². The van der Waals surface area contributed by atoms with Crippen molar-refractivity contribution in [3.63, 3.8) is 0 Å². The third-order valence-electron chi connectivity index (χ3n) is 7.19. The molecule has 0 unspecified atom stereocenters. The van der Waals surface area contributed by atoms with Gasteiger partial charge < -0.3 is 25.2 Å². The Morgan fingerprint density at radius 2 is 1.50 bits per heavy atom. The second-order valence-corrected chi connectivity index (χ2v) is 10.8. The number of aromatic carboxylic acids is 1. The molecule has 4 aromatic carbocycles. The third-order valence-corrected chi connectivity index (χ3v) is 7.69. The molecule has 2 atom stereocenters. The fourth-order valence-corrected chi connectivity index (χ4v) is 5.44. The first-order valence-electron chi connectivity index (χ1n) is 13.4. The van der Waals surface area contributed by atoms with Crippen LogP contribution >= 0.6 is 15.9 Å². The van der Waals surface area contributed by atoms with Crippen molar-refractivity contribution in [3.8, 4) is 11.1 Å². The van der Waals surface area contributed by atoms with Gasteiger partial charge in [0.1, 0.15) is 12.6 Å². The summed E-state index contributed by atoms with van der Waals surface area (Å²) in [6, 6.07) is 28.7. The number of carboxylic acids is 1. The van der Waals surface area contributed by atoms with Crippen molar-refractivity contribution in [3.05, 3.63) is 124 Å². The third kappa shape index (κ3) is 6.53. The first-order chi connectivity index (χ1) is 20.3. The minimum Gasteiger partial charge on any atom is -0.478 e. The zero-order chi connectivity index (χ0) is 29.6. The normalized spacial score (nSPS) is 13.4. The number of anilines is 1. The monoisotopic (exact) mass is 628 g/mol. The SMILES string of the molecule is C[C@H](OCc1ccccc1)[C@@H](NC(=O)OCC1c2ccccc2-c2ccccc21)C(=O)Nc1ccc(Br)cc1C(=O)O. The van der Waals surface area contributed by atoms with Crippen molar-refractivity contribution in [2.24, 2.45) is 0 Å². The fraction of sp³-hybridized carbons (Fsp3) is 0.182. The molecule has 0 aromatic heterocycles. The number of rotatable bonds is 10. The molecule has 0 saturated heterocycles. The van der Waals surface area contributed by atoms with Crippen molar-refractivity contribution >= 4 is 39.6 Å². The summed E-state index contributed by atoms with van der Waals surface area (Å²) in [6.07, 6.45) is -1.57. The van der Waals surface area contributed by atoms with Crippen LogP contribution < -0.4 is 10.6 Å². The maximum atomic E-state index is 13.5. The molecule has 4 aromatic rings. The van der Waals surface area contributed by atoms with Crippen molar-refractivity contribution in [1.82, 2.24) is 5.32 Å². The van der Waals surface area contributed by atoms with Gasteiger partial charge in [0, 0.05) is 10.4 Å². The van der Waals surface area contributed by atoms with Crippen LogP contribution in [0.3, 0.4) is 0 Å². The van der Waals surface area contributed by atoms with E-state index < -0.39 is 30.1 Å². The van der Waals surface area contributed by atoms with Crippen LogP contribution in [0, 0.1) is 0 Å². The minimum absolute atomic E-state index is 0.0727. The summed E-state index contributed by atoms with van der Waals surface area (Å²) in [5.41, 5.74) is 5.22. The first-order valence-corrected chi connectivity index (χ1v) is 14.2. The Labute approximate surface area is 251 Å². The summed E-state index contributed by atoms with van der Waals surface area (Å²) in [5.74, 6) is -2.00. The molecule has 8 nitrogen and oxygen atoms in total. The number of benzene rings is 4. The molecule has 2 amide bonds. The van der Waals surface area contributed by atoms with E-state index in [9.17, 15) is 19.5 Å². The molecule has 0 fully saturated rings. The summed E-state index contributed by atoms with van der Waals surface area (Å²) < 4.78 is 12.2. The van der Waals surface area contributed by atoms with E-state index in [4.69, 9.17) is 9.47 Å². The highest BCUT2D eigenvalue weighted by Crippen LogP contribution is 2.44. The van der Waals surface area contributed by atoms with Crippen LogP contribution in [0.1, 0.15) is 39.9 Å². The molecule has 42 heavy (non-hydrogen) atoms. The van der Waals surface area contributed by atoms with Gasteiger partial charge in [0.05, 0.1) is 24.0 Å². The number of fused-ring (bicyclic) bond motifs is 3.